The van der Waals surface area contributed by atoms with Gasteiger partial charge in [-0.05, 0) is 38.1 Å². The van der Waals surface area contributed by atoms with Crippen molar-refractivity contribution in [2.75, 3.05) is 32.1 Å². The van der Waals surface area contributed by atoms with Crippen LogP contribution in [0.1, 0.15) is 13.8 Å². The number of ether oxygens (including phenoxy) is 2. The van der Waals surface area contributed by atoms with Crippen LogP contribution in [0.2, 0.25) is 0 Å². The van der Waals surface area contributed by atoms with E-state index in [2.05, 4.69) is 16.0 Å². The average Bonchev–Trinajstić information content (AvgIpc) is 2.94. The summed E-state index contributed by atoms with van der Waals surface area (Å²) in [7, 11) is 1.70. The van der Waals surface area contributed by atoms with Gasteiger partial charge in [0.05, 0.1) is 18.8 Å². The quantitative estimate of drug-likeness (QED) is 0.937. The first-order valence-electron chi connectivity index (χ1n) is 8.36. The minimum absolute atomic E-state index is 0.0665. The van der Waals surface area contributed by atoms with E-state index in [1.54, 1.807) is 7.11 Å². The number of morpholine rings is 1. The molecule has 0 bridgehead atoms. The van der Waals surface area contributed by atoms with Gasteiger partial charge in [-0.25, -0.2) is 4.79 Å². The Balaban J connectivity index is 1.70. The number of carbonyl (C=O) groups is 1. The Kier molecular flexibility index (Phi) is 5.06. The van der Waals surface area contributed by atoms with Crippen molar-refractivity contribution in [1.82, 2.24) is 9.47 Å². The van der Waals surface area contributed by atoms with Crippen molar-refractivity contribution in [1.29, 1.82) is 0 Å². The predicted molar refractivity (Wildman–Crippen MR) is 94.4 cm³/mol. The molecule has 0 saturated carbocycles. The number of anilines is 1. The molecule has 6 heteroatoms. The highest BCUT2D eigenvalue weighted by Gasteiger charge is 2.25. The van der Waals surface area contributed by atoms with Gasteiger partial charge < -0.3 is 24.3 Å². The van der Waals surface area contributed by atoms with E-state index in [-0.39, 0.29) is 18.2 Å². The molecule has 6 nitrogen and oxygen atoms in total. The van der Waals surface area contributed by atoms with E-state index in [0.717, 1.165) is 23.1 Å². The number of fused-ring (bicyclic) bond motifs is 1. The minimum Gasteiger partial charge on any atom is -0.383 e. The van der Waals surface area contributed by atoms with Crippen LogP contribution < -0.4 is 5.32 Å². The third-order valence-electron chi connectivity index (χ3n) is 4.27. The van der Waals surface area contributed by atoms with Gasteiger partial charge in [-0.1, -0.05) is 0 Å². The molecule has 2 atom stereocenters. The highest BCUT2D eigenvalue weighted by Crippen LogP contribution is 2.21. The number of urea groups is 1. The summed E-state index contributed by atoms with van der Waals surface area (Å²) < 4.78 is 13.0. The van der Waals surface area contributed by atoms with Crippen LogP contribution in [0.5, 0.6) is 0 Å². The summed E-state index contributed by atoms with van der Waals surface area (Å²) >= 11 is 0. The van der Waals surface area contributed by atoms with Gasteiger partial charge in [-0.3, -0.25) is 0 Å². The molecule has 1 aliphatic heterocycles. The van der Waals surface area contributed by atoms with Crippen LogP contribution in [-0.4, -0.2) is 54.5 Å². The summed E-state index contributed by atoms with van der Waals surface area (Å²) in [5, 5.41) is 4.10. The van der Waals surface area contributed by atoms with E-state index in [1.165, 1.54) is 0 Å². The largest absolute Gasteiger partial charge is 0.383 e. The second-order valence-electron chi connectivity index (χ2n) is 6.37. The van der Waals surface area contributed by atoms with E-state index in [9.17, 15) is 4.79 Å². The normalized spacial score (nSPS) is 21.2. The second-order valence-corrected chi connectivity index (χ2v) is 6.37. The summed E-state index contributed by atoms with van der Waals surface area (Å²) in [4.78, 5) is 14.3. The lowest BCUT2D eigenvalue weighted by molar-refractivity contribution is -0.0530. The molecule has 2 amide bonds. The number of amides is 2. The maximum Gasteiger partial charge on any atom is 0.322 e. The number of nitrogens with one attached hydrogen (secondary N) is 1. The molecule has 24 heavy (non-hydrogen) atoms. The van der Waals surface area contributed by atoms with Gasteiger partial charge in [0.25, 0.3) is 0 Å². The molecule has 1 aromatic carbocycles. The number of hydrogen-bond donors (Lipinski definition) is 1. The molecule has 1 aromatic heterocycles. The number of hydrogen-bond acceptors (Lipinski definition) is 3. The topological polar surface area (TPSA) is 55.7 Å². The Labute approximate surface area is 142 Å². The molecule has 2 heterocycles. The van der Waals surface area contributed by atoms with Gasteiger partial charge in [0.15, 0.2) is 0 Å². The lowest BCUT2D eigenvalue weighted by Crippen LogP contribution is -2.49. The molecule has 0 aliphatic carbocycles. The molecule has 1 N–H and O–H groups in total. The van der Waals surface area contributed by atoms with Crippen molar-refractivity contribution in [3.63, 3.8) is 0 Å². The molecular formula is C18H25N3O3. The summed E-state index contributed by atoms with van der Waals surface area (Å²) in [5.74, 6) is 0. The van der Waals surface area contributed by atoms with Crippen LogP contribution in [0, 0.1) is 0 Å². The summed E-state index contributed by atoms with van der Waals surface area (Å²) in [5.41, 5.74) is 1.95. The van der Waals surface area contributed by atoms with Gasteiger partial charge >= 0.3 is 6.03 Å². The van der Waals surface area contributed by atoms with E-state index >= 15 is 0 Å². The standard InChI is InChI=1S/C18H25N3O3/c1-13-11-21(12-14(2)24-13)18(22)19-16-4-5-17-15(10-16)6-7-20(17)8-9-23-3/h4-7,10,13-14H,8-9,11-12H2,1-3H3,(H,19,22)/t13-,14-/m1/s1. The molecule has 2 aromatic rings. The Morgan fingerprint density at radius 1 is 1.29 bits per heavy atom. The van der Waals surface area contributed by atoms with Gasteiger partial charge in [0.2, 0.25) is 0 Å². The fourth-order valence-electron chi connectivity index (χ4n) is 3.21. The van der Waals surface area contributed by atoms with Crippen molar-refractivity contribution in [3.8, 4) is 0 Å². The van der Waals surface area contributed by atoms with Crippen LogP contribution in [0.3, 0.4) is 0 Å². The smallest absolute Gasteiger partial charge is 0.322 e. The zero-order valence-corrected chi connectivity index (χ0v) is 14.5. The second kappa shape index (κ2) is 7.23. The maximum atomic E-state index is 12.5. The van der Waals surface area contributed by atoms with Crippen molar-refractivity contribution in [2.24, 2.45) is 0 Å². The van der Waals surface area contributed by atoms with E-state index in [0.29, 0.717) is 19.7 Å². The van der Waals surface area contributed by atoms with Crippen molar-refractivity contribution >= 4 is 22.6 Å². The monoisotopic (exact) mass is 331 g/mol. The van der Waals surface area contributed by atoms with Crippen molar-refractivity contribution in [3.05, 3.63) is 30.5 Å². The van der Waals surface area contributed by atoms with Gasteiger partial charge in [-0.15, -0.1) is 0 Å². The zero-order valence-electron chi connectivity index (χ0n) is 14.5. The first-order chi connectivity index (χ1) is 11.6. The first-order valence-corrected chi connectivity index (χ1v) is 8.36. The van der Waals surface area contributed by atoms with E-state index < -0.39 is 0 Å². The predicted octanol–water partition coefficient (Wildman–Crippen LogP) is 2.93. The van der Waals surface area contributed by atoms with Crippen LogP contribution in [0.25, 0.3) is 10.9 Å². The van der Waals surface area contributed by atoms with Crippen LogP contribution in [-0.2, 0) is 16.0 Å². The number of aromatic nitrogens is 1. The van der Waals surface area contributed by atoms with Gasteiger partial charge in [0, 0.05) is 49.5 Å². The highest BCUT2D eigenvalue weighted by molar-refractivity contribution is 5.93. The summed E-state index contributed by atoms with van der Waals surface area (Å²) in [6.07, 6.45) is 2.18. The molecule has 1 aliphatic rings. The Hall–Kier alpha value is -2.05. The molecule has 0 unspecified atom stereocenters. The summed E-state index contributed by atoms with van der Waals surface area (Å²) in [6, 6.07) is 7.96. The minimum atomic E-state index is -0.0739. The highest BCUT2D eigenvalue weighted by atomic mass is 16.5. The van der Waals surface area contributed by atoms with Crippen molar-refractivity contribution in [2.45, 2.75) is 32.6 Å². The molecule has 1 saturated heterocycles. The lowest BCUT2D eigenvalue weighted by atomic mass is 10.2. The molecule has 1 fully saturated rings. The molecule has 0 spiro atoms. The molecular weight excluding hydrogens is 306 g/mol. The van der Waals surface area contributed by atoms with Crippen LogP contribution >= 0.6 is 0 Å². The molecule has 0 radical (unpaired) electrons. The maximum absolute atomic E-state index is 12.5. The molecule has 3 rings (SSSR count). The average molecular weight is 331 g/mol. The fourth-order valence-corrected chi connectivity index (χ4v) is 3.21. The van der Waals surface area contributed by atoms with E-state index in [1.807, 2.05) is 43.1 Å². The number of benzene rings is 1. The van der Waals surface area contributed by atoms with Crippen molar-refractivity contribution < 1.29 is 14.3 Å². The number of carbonyl (C=O) groups excluding carboxylic acids is 1. The SMILES string of the molecule is COCCn1ccc2cc(NC(=O)N3C[C@@H](C)O[C@H](C)C3)ccc21. The third-order valence-corrected chi connectivity index (χ3v) is 4.27. The molecule has 130 valence electrons. The van der Waals surface area contributed by atoms with Gasteiger partial charge in [-0.2, -0.15) is 0 Å². The first kappa shape index (κ1) is 16.8. The number of rotatable bonds is 4. The summed E-state index contributed by atoms with van der Waals surface area (Å²) in [6.45, 7) is 6.71. The number of nitrogens with zero attached hydrogens (tertiary/aromatic N) is 2. The number of methoxy groups -OCH3 is 1. The zero-order chi connectivity index (χ0) is 17.1. The Morgan fingerprint density at radius 3 is 2.75 bits per heavy atom. The van der Waals surface area contributed by atoms with Crippen LogP contribution in [0.4, 0.5) is 10.5 Å². The third kappa shape index (κ3) is 3.71. The Bertz CT molecular complexity index is 703. The van der Waals surface area contributed by atoms with E-state index in [4.69, 9.17) is 9.47 Å². The van der Waals surface area contributed by atoms with Gasteiger partial charge in [0.1, 0.15) is 0 Å². The lowest BCUT2D eigenvalue weighted by Gasteiger charge is -2.35. The fraction of sp³-hybridized carbons (Fsp3) is 0.500. The Morgan fingerprint density at radius 2 is 2.04 bits per heavy atom. The van der Waals surface area contributed by atoms with Crippen LogP contribution in [0.15, 0.2) is 30.5 Å².